The number of amides is 1. The van der Waals surface area contributed by atoms with Crippen LogP contribution in [-0.4, -0.2) is 76.2 Å². The van der Waals surface area contributed by atoms with Gasteiger partial charge in [-0.2, -0.15) is 10.4 Å². The summed E-state index contributed by atoms with van der Waals surface area (Å²) >= 11 is 0. The fraction of sp³-hybridized carbons (Fsp3) is 0.531. The molecule has 3 unspecified atom stereocenters. The van der Waals surface area contributed by atoms with E-state index in [9.17, 15) is 19.6 Å². The van der Waals surface area contributed by atoms with Crippen molar-refractivity contribution in [2.24, 2.45) is 5.92 Å². The van der Waals surface area contributed by atoms with E-state index in [1.165, 1.54) is 0 Å². The average molecular weight is 605 g/mol. The normalized spacial score (nSPS) is 23.8. The fourth-order valence-electron chi connectivity index (χ4n) is 6.03. The summed E-state index contributed by atoms with van der Waals surface area (Å²) in [5.74, 6) is 0.0529. The topological polar surface area (TPSA) is 152 Å². The van der Waals surface area contributed by atoms with Gasteiger partial charge in [0.25, 0.3) is 11.5 Å². The molecule has 2 N–H and O–H groups in total. The molecule has 0 saturated carbocycles. The summed E-state index contributed by atoms with van der Waals surface area (Å²) in [5.41, 5.74) is 1.33. The number of anilines is 2. The van der Waals surface area contributed by atoms with Gasteiger partial charge in [0.15, 0.2) is 11.9 Å². The van der Waals surface area contributed by atoms with Crippen molar-refractivity contribution in [2.45, 2.75) is 77.7 Å². The molecule has 12 nitrogen and oxygen atoms in total. The van der Waals surface area contributed by atoms with Crippen molar-refractivity contribution in [3.05, 3.63) is 51.9 Å². The maximum Gasteiger partial charge on any atom is 0.335 e. The monoisotopic (exact) mass is 604 g/mol. The van der Waals surface area contributed by atoms with Crippen molar-refractivity contribution in [2.75, 3.05) is 31.6 Å². The molecule has 5 rings (SSSR count). The van der Waals surface area contributed by atoms with Crippen LogP contribution in [0.4, 0.5) is 11.5 Å². The lowest BCUT2D eigenvalue weighted by molar-refractivity contribution is -0.166. The summed E-state index contributed by atoms with van der Waals surface area (Å²) in [5, 5.41) is 18.2. The number of H-pyrrole nitrogens is 1. The number of pyridine rings is 1. The number of ether oxygens (including phenoxy) is 3. The zero-order valence-electron chi connectivity index (χ0n) is 25.9. The molecule has 4 heterocycles. The van der Waals surface area contributed by atoms with Gasteiger partial charge in [-0.25, -0.2) is 4.79 Å². The van der Waals surface area contributed by atoms with E-state index in [0.29, 0.717) is 60.5 Å². The second kappa shape index (κ2) is 12.8. The number of rotatable bonds is 8. The Hall–Kier alpha value is -4.21. The van der Waals surface area contributed by atoms with E-state index < -0.39 is 17.6 Å². The van der Waals surface area contributed by atoms with Crippen LogP contribution in [0.5, 0.6) is 0 Å². The van der Waals surface area contributed by atoms with Crippen molar-refractivity contribution in [3.8, 4) is 6.07 Å². The van der Waals surface area contributed by atoms with Crippen LogP contribution in [0.2, 0.25) is 0 Å². The first-order valence-electron chi connectivity index (χ1n) is 15.1. The Morgan fingerprint density at radius 2 is 2.00 bits per heavy atom. The zero-order chi connectivity index (χ0) is 31.6. The first-order valence-corrected chi connectivity index (χ1v) is 15.1. The molecule has 2 aliphatic rings. The van der Waals surface area contributed by atoms with Crippen LogP contribution in [0.3, 0.4) is 0 Å². The van der Waals surface area contributed by atoms with Crippen LogP contribution >= 0.6 is 0 Å². The van der Waals surface area contributed by atoms with E-state index in [4.69, 9.17) is 19.3 Å². The highest BCUT2D eigenvalue weighted by atomic mass is 16.6. The maximum absolute atomic E-state index is 13.3. The molecule has 0 bridgehead atoms. The third kappa shape index (κ3) is 6.34. The predicted octanol–water partition coefficient (Wildman–Crippen LogP) is 4.01. The number of nitriles is 1. The number of carbonyl (C=O) groups excluding carboxylic acids is 2. The molecule has 2 aliphatic heterocycles. The van der Waals surface area contributed by atoms with Crippen molar-refractivity contribution >= 4 is 34.3 Å². The Morgan fingerprint density at radius 1 is 1.25 bits per heavy atom. The number of nitrogens with zero attached hydrogens (tertiary/aromatic N) is 4. The van der Waals surface area contributed by atoms with Crippen LogP contribution in [0, 0.1) is 24.2 Å². The summed E-state index contributed by atoms with van der Waals surface area (Å²) in [4.78, 5) is 43.5. The van der Waals surface area contributed by atoms with Crippen LogP contribution in [0.1, 0.15) is 62.9 Å². The smallest absolute Gasteiger partial charge is 0.335 e. The van der Waals surface area contributed by atoms with Crippen molar-refractivity contribution < 1.29 is 23.8 Å². The van der Waals surface area contributed by atoms with Gasteiger partial charge >= 0.3 is 5.97 Å². The van der Waals surface area contributed by atoms with Crippen molar-refractivity contribution in [3.63, 3.8) is 0 Å². The molecule has 1 aromatic carbocycles. The summed E-state index contributed by atoms with van der Waals surface area (Å²) in [6.07, 6.45) is 1.60. The molecule has 0 radical (unpaired) electrons. The zero-order valence-corrected chi connectivity index (χ0v) is 25.9. The number of esters is 1. The highest BCUT2D eigenvalue weighted by Gasteiger charge is 2.42. The van der Waals surface area contributed by atoms with Gasteiger partial charge in [-0.15, -0.1) is 0 Å². The number of aromatic amines is 1. The molecule has 0 aliphatic carbocycles. The van der Waals surface area contributed by atoms with Crippen LogP contribution in [-0.2, 0) is 24.5 Å². The molecule has 2 saturated heterocycles. The van der Waals surface area contributed by atoms with E-state index in [0.717, 1.165) is 5.56 Å². The van der Waals surface area contributed by atoms with E-state index in [1.54, 1.807) is 29.1 Å². The Balaban J connectivity index is 1.42. The molecule has 1 amide bonds. The van der Waals surface area contributed by atoms with Gasteiger partial charge in [0.05, 0.1) is 49.0 Å². The first-order chi connectivity index (χ1) is 21.0. The van der Waals surface area contributed by atoms with Crippen LogP contribution in [0.25, 0.3) is 10.9 Å². The quantitative estimate of drug-likeness (QED) is 0.363. The Bertz CT molecular complexity index is 1620. The van der Waals surface area contributed by atoms with Crippen LogP contribution < -0.4 is 10.9 Å². The third-order valence-corrected chi connectivity index (χ3v) is 8.13. The Kier molecular flexibility index (Phi) is 9.08. The predicted molar refractivity (Wildman–Crippen MR) is 164 cm³/mol. The first kappa shape index (κ1) is 31.2. The molecule has 2 aromatic heterocycles. The molecule has 4 atom stereocenters. The molecular formula is C32H40N6O6. The highest BCUT2D eigenvalue weighted by Crippen LogP contribution is 2.37. The number of hydrogen-bond donors (Lipinski definition) is 2. The third-order valence-electron chi connectivity index (χ3n) is 8.13. The number of morpholine rings is 1. The lowest BCUT2D eigenvalue weighted by atomic mass is 9.87. The van der Waals surface area contributed by atoms with Crippen LogP contribution in [0.15, 0.2) is 35.3 Å². The number of carbonyl (C=O) groups is 2. The summed E-state index contributed by atoms with van der Waals surface area (Å²) in [6.45, 7) is 11.1. The van der Waals surface area contributed by atoms with E-state index in [-0.39, 0.29) is 42.6 Å². The lowest BCUT2D eigenvalue weighted by Crippen LogP contribution is -2.48. The fourth-order valence-corrected chi connectivity index (χ4v) is 6.03. The van der Waals surface area contributed by atoms with E-state index in [1.807, 2.05) is 45.6 Å². The van der Waals surface area contributed by atoms with Gasteiger partial charge in [0.1, 0.15) is 5.39 Å². The average Bonchev–Trinajstić information content (AvgIpc) is 3.35. The van der Waals surface area contributed by atoms with Gasteiger partial charge in [0, 0.05) is 30.5 Å². The largest absolute Gasteiger partial charge is 0.463 e. The molecular weight excluding hydrogens is 564 g/mol. The number of benzene rings is 1. The van der Waals surface area contributed by atoms with Crippen molar-refractivity contribution in [1.29, 1.82) is 5.26 Å². The minimum atomic E-state index is -0.895. The van der Waals surface area contributed by atoms with Gasteiger partial charge < -0.3 is 29.4 Å². The molecule has 0 spiro atoms. The molecule has 2 fully saturated rings. The van der Waals surface area contributed by atoms with E-state index >= 15 is 0 Å². The second-order valence-electron chi connectivity index (χ2n) is 12.4. The standard InChI is InChI=1S/C32H40N6O6/c1-19(2)17-42-31(41)26-8-10-32(11-12-33,18-43-26)38-25-9-13-34-29(39)27(25)28(36-38)35-23-6-7-24(20(3)14-23)30(40)37-15-21(4)44-22(5)16-37/h6-7,9,13-14,19,21-22,26H,8,10-11,15-18H2,1-5H3,(H,34,39)(H,35,36)/t21?,22?,26?,32-/m0/s1. The van der Waals surface area contributed by atoms with Gasteiger partial charge in [-0.3, -0.25) is 14.3 Å². The molecule has 12 heteroatoms. The number of nitrogens with one attached hydrogen (secondary N) is 2. The summed E-state index contributed by atoms with van der Waals surface area (Å²) < 4.78 is 18.8. The lowest BCUT2D eigenvalue weighted by Gasteiger charge is -2.38. The van der Waals surface area contributed by atoms with Gasteiger partial charge in [0.2, 0.25) is 0 Å². The van der Waals surface area contributed by atoms with Crippen molar-refractivity contribution in [1.82, 2.24) is 19.7 Å². The minimum absolute atomic E-state index is 0.0334. The molecule has 3 aromatic rings. The minimum Gasteiger partial charge on any atom is -0.463 e. The SMILES string of the molecule is Cc1cc(Nc2nn([C@]3(CC#N)CCC(C(=O)OCC(C)C)OC3)c3cc[nH]c(=O)c23)ccc1C(=O)N1CC(C)OC(C)C1. The Morgan fingerprint density at radius 3 is 2.64 bits per heavy atom. The number of fused-ring (bicyclic) bond motifs is 1. The maximum atomic E-state index is 13.3. The molecule has 234 valence electrons. The summed E-state index contributed by atoms with van der Waals surface area (Å²) in [6, 6.07) is 9.41. The number of aromatic nitrogens is 3. The summed E-state index contributed by atoms with van der Waals surface area (Å²) in [7, 11) is 0. The number of aryl methyl sites for hydroxylation is 1. The second-order valence-corrected chi connectivity index (χ2v) is 12.4. The van der Waals surface area contributed by atoms with E-state index in [2.05, 4.69) is 16.4 Å². The number of hydrogen-bond acceptors (Lipinski definition) is 9. The Labute approximate surface area is 256 Å². The highest BCUT2D eigenvalue weighted by molar-refractivity contribution is 5.97. The van der Waals surface area contributed by atoms with Gasteiger partial charge in [-0.05, 0) is 69.4 Å². The molecule has 44 heavy (non-hydrogen) atoms. The van der Waals surface area contributed by atoms with Gasteiger partial charge in [-0.1, -0.05) is 13.8 Å².